The van der Waals surface area contributed by atoms with Gasteiger partial charge in [0.15, 0.2) is 0 Å². The number of carbonyl (C=O) groups excluding carboxylic acids is 4. The number of amides is 4. The highest BCUT2D eigenvalue weighted by atomic mass is 32.2. The summed E-state index contributed by atoms with van der Waals surface area (Å²) in [6.45, 7) is 6.01. The van der Waals surface area contributed by atoms with Crippen molar-refractivity contribution in [1.82, 2.24) is 25.2 Å². The van der Waals surface area contributed by atoms with Crippen LogP contribution in [0.3, 0.4) is 0 Å². The van der Waals surface area contributed by atoms with Crippen LogP contribution in [0.25, 0.3) is 17.0 Å². The third kappa shape index (κ3) is 8.46. The number of carbonyl (C=O) groups is 4. The van der Waals surface area contributed by atoms with Crippen LogP contribution in [0.2, 0.25) is 0 Å². The van der Waals surface area contributed by atoms with Crippen LogP contribution in [0, 0.1) is 17.8 Å². The third-order valence-corrected chi connectivity index (χ3v) is 14.8. The highest BCUT2D eigenvalue weighted by Crippen LogP contribution is 2.46. The zero-order valence-electron chi connectivity index (χ0n) is 33.8. The molecule has 4 saturated carbocycles. The van der Waals surface area contributed by atoms with Gasteiger partial charge < -0.3 is 34.5 Å². The van der Waals surface area contributed by atoms with Crippen LogP contribution in [0.1, 0.15) is 96.0 Å². The van der Waals surface area contributed by atoms with E-state index < -0.39 is 68.7 Å². The molecule has 1 aromatic carbocycles. The number of aromatic nitrogens is 1. The zero-order valence-corrected chi connectivity index (χ0v) is 34.6. The fourth-order valence-electron chi connectivity index (χ4n) is 9.54. The maximum absolute atomic E-state index is 15.0. The van der Waals surface area contributed by atoms with Crippen LogP contribution in [-0.4, -0.2) is 97.5 Å². The average Bonchev–Trinajstić information content (AvgIpc) is 4.12. The van der Waals surface area contributed by atoms with Gasteiger partial charge in [-0.3, -0.25) is 19.1 Å². The van der Waals surface area contributed by atoms with Gasteiger partial charge in [-0.1, -0.05) is 37.5 Å². The summed E-state index contributed by atoms with van der Waals surface area (Å²) in [5, 5.41) is 5.86. The third-order valence-electron chi connectivity index (χ3n) is 13.0. The molecular formula is C43H55N5O10S. The van der Waals surface area contributed by atoms with Crippen LogP contribution in [0.15, 0.2) is 36.9 Å². The molecule has 1 saturated heterocycles. The molecule has 5 fully saturated rings. The molecule has 3 N–H and O–H groups in total. The van der Waals surface area contributed by atoms with E-state index in [-0.39, 0.29) is 37.3 Å². The quantitative estimate of drug-likeness (QED) is 0.276. The summed E-state index contributed by atoms with van der Waals surface area (Å²) in [4.78, 5) is 63.3. The van der Waals surface area contributed by atoms with E-state index in [1.165, 1.54) is 11.0 Å². The van der Waals surface area contributed by atoms with Gasteiger partial charge in [0.1, 0.15) is 41.3 Å². The normalized spacial score (nSPS) is 30.5. The number of methoxy groups -OCH3 is 1. The molecule has 4 bridgehead atoms. The largest absolute Gasteiger partial charge is 0.496 e. The fraction of sp³-hybridized carbons (Fsp3) is 0.605. The lowest BCUT2D eigenvalue weighted by Gasteiger charge is -2.35. The Bertz CT molecular complexity index is 2140. The Hall–Kier alpha value is -4.86. The number of hydrogen-bond acceptors (Lipinski definition) is 11. The maximum Gasteiger partial charge on any atom is 0.408 e. The van der Waals surface area contributed by atoms with Gasteiger partial charge in [-0.25, -0.2) is 18.2 Å². The van der Waals surface area contributed by atoms with E-state index in [4.69, 9.17) is 23.9 Å². The van der Waals surface area contributed by atoms with Crippen molar-refractivity contribution in [3.05, 3.63) is 42.5 Å². The van der Waals surface area contributed by atoms with E-state index in [2.05, 4.69) is 28.0 Å². The van der Waals surface area contributed by atoms with Crippen molar-refractivity contribution in [2.45, 2.75) is 125 Å². The van der Waals surface area contributed by atoms with Crippen LogP contribution in [0.4, 0.5) is 4.79 Å². The van der Waals surface area contributed by atoms with Crippen molar-refractivity contribution < 1.29 is 46.5 Å². The molecule has 4 amide bonds. The number of pyridine rings is 1. The number of rotatable bonds is 10. The van der Waals surface area contributed by atoms with E-state index in [0.717, 1.165) is 37.7 Å². The number of ether oxygens (including phenoxy) is 4. The standard InChI is InChI=1S/C43H55N5O10S/c1-4-28-23-43(28,41(51)47-59(53,54)30-17-18-30)46-39(49)33-20-29-24-48(33)40(50)38(26-11-7-6-8-12-26)45-42(52)58-34-16-10-14-25(34)13-9-15-27-19-31-32(21-35(27)55-3)44-37(56-5-2)22-36(31)57-29/h4,9,15,19,21-22,25-26,28-30,33-34,38H,1,5-8,10-14,16-18,20,23-24H2,2-3H3,(H,45,52)(H,46,49)(H,47,51)/b15-9+/t25-,28-,29-,33+,34+,38+,43-/m1/s1. The number of nitrogens with zero attached hydrogens (tertiary/aromatic N) is 2. The molecule has 8 rings (SSSR count). The number of benzene rings is 1. The molecule has 7 atom stereocenters. The number of hydrogen-bond donors (Lipinski definition) is 3. The molecule has 0 unspecified atom stereocenters. The summed E-state index contributed by atoms with van der Waals surface area (Å²) >= 11 is 0. The van der Waals surface area contributed by atoms with Crippen LogP contribution in [0.5, 0.6) is 17.4 Å². The second-order valence-corrected chi connectivity index (χ2v) is 18.9. The highest BCUT2D eigenvalue weighted by molar-refractivity contribution is 7.91. The van der Waals surface area contributed by atoms with E-state index in [0.29, 0.717) is 73.4 Å². The van der Waals surface area contributed by atoms with Crippen LogP contribution in [-0.2, 0) is 29.1 Å². The molecule has 0 radical (unpaired) electrons. The van der Waals surface area contributed by atoms with Crippen molar-refractivity contribution in [1.29, 1.82) is 0 Å². The summed E-state index contributed by atoms with van der Waals surface area (Å²) in [6.07, 6.45) is 12.4. The molecule has 0 spiro atoms. The average molecular weight is 834 g/mol. The first kappa shape index (κ1) is 40.9. The first-order chi connectivity index (χ1) is 28.4. The van der Waals surface area contributed by atoms with Crippen molar-refractivity contribution >= 4 is 50.8 Å². The summed E-state index contributed by atoms with van der Waals surface area (Å²) in [5.41, 5.74) is -0.202. The van der Waals surface area contributed by atoms with Crippen LogP contribution < -0.4 is 29.6 Å². The number of fused-ring (bicyclic) bond motifs is 4. The van der Waals surface area contributed by atoms with Gasteiger partial charge in [0.25, 0.3) is 5.91 Å². The van der Waals surface area contributed by atoms with Gasteiger partial charge in [0.05, 0.1) is 31.0 Å². The number of sulfonamides is 1. The lowest BCUT2D eigenvalue weighted by atomic mass is 9.83. The molecule has 1 aromatic heterocycles. The molecule has 2 aliphatic heterocycles. The van der Waals surface area contributed by atoms with Gasteiger partial charge in [-0.15, -0.1) is 6.58 Å². The first-order valence-electron chi connectivity index (χ1n) is 21.2. The van der Waals surface area contributed by atoms with Gasteiger partial charge in [0, 0.05) is 35.4 Å². The van der Waals surface area contributed by atoms with Gasteiger partial charge in [-0.2, -0.15) is 0 Å². The van der Waals surface area contributed by atoms with Gasteiger partial charge in [-0.05, 0) is 82.6 Å². The summed E-state index contributed by atoms with van der Waals surface area (Å²) in [6, 6.07) is 3.35. The van der Waals surface area contributed by atoms with E-state index >= 15 is 4.79 Å². The SMILES string of the molecule is C=C[C@@H]1C[C@]1(NC(=O)[C@@H]1C[C@@H]2CN1C(=O)[C@H](C1CCCCC1)NC(=O)O[C@H]1CCC[C@H]1C/C=C/c1cc3c(cc(OCC)nc3cc1OC)O2)C(=O)NS(=O)(=O)C1CC1. The maximum atomic E-state index is 15.0. The second kappa shape index (κ2) is 16.7. The minimum absolute atomic E-state index is 0.0155. The smallest absolute Gasteiger partial charge is 0.408 e. The van der Waals surface area contributed by atoms with Crippen molar-refractivity contribution in [3.8, 4) is 17.4 Å². The topological polar surface area (TPSA) is 192 Å². The lowest BCUT2D eigenvalue weighted by molar-refractivity contribution is -0.142. The minimum Gasteiger partial charge on any atom is -0.496 e. The predicted octanol–water partition coefficient (Wildman–Crippen LogP) is 4.92. The van der Waals surface area contributed by atoms with Gasteiger partial charge >= 0.3 is 6.09 Å². The molecule has 16 heteroatoms. The Balaban J connectivity index is 1.18. The molecule has 4 aliphatic carbocycles. The molecule has 59 heavy (non-hydrogen) atoms. The summed E-state index contributed by atoms with van der Waals surface area (Å²) < 4.78 is 52.3. The first-order valence-corrected chi connectivity index (χ1v) is 22.7. The number of alkyl carbamates (subject to hydrolysis) is 1. The summed E-state index contributed by atoms with van der Waals surface area (Å²) in [7, 11) is -2.32. The van der Waals surface area contributed by atoms with E-state index in [1.54, 1.807) is 13.2 Å². The second-order valence-electron chi connectivity index (χ2n) is 17.0. The minimum atomic E-state index is -3.91. The molecular weight excluding hydrogens is 779 g/mol. The monoisotopic (exact) mass is 833 g/mol. The highest BCUT2D eigenvalue weighted by Gasteiger charge is 2.62. The molecule has 318 valence electrons. The Labute approximate surface area is 345 Å². The lowest BCUT2D eigenvalue weighted by Crippen LogP contribution is -2.59. The Kier molecular flexibility index (Phi) is 11.5. The molecule has 3 heterocycles. The van der Waals surface area contributed by atoms with E-state index in [1.807, 2.05) is 25.1 Å². The van der Waals surface area contributed by atoms with Crippen LogP contribution >= 0.6 is 0 Å². The molecule has 15 nitrogen and oxygen atoms in total. The molecule has 2 aromatic rings. The van der Waals surface area contributed by atoms with Crippen molar-refractivity contribution in [2.24, 2.45) is 17.8 Å². The number of allylic oxidation sites excluding steroid dienone is 1. The van der Waals surface area contributed by atoms with Crippen molar-refractivity contribution in [3.63, 3.8) is 0 Å². The zero-order chi connectivity index (χ0) is 41.5. The predicted molar refractivity (Wildman–Crippen MR) is 218 cm³/mol. The van der Waals surface area contributed by atoms with Gasteiger partial charge in [0.2, 0.25) is 27.7 Å². The summed E-state index contributed by atoms with van der Waals surface area (Å²) in [5.74, 6) is -1.18. The number of nitrogens with one attached hydrogen (secondary N) is 3. The van der Waals surface area contributed by atoms with E-state index in [9.17, 15) is 22.8 Å². The fourth-order valence-corrected chi connectivity index (χ4v) is 10.9. The Morgan fingerprint density at radius 2 is 1.83 bits per heavy atom. The molecule has 6 aliphatic rings. The Morgan fingerprint density at radius 1 is 1.05 bits per heavy atom. The van der Waals surface area contributed by atoms with Crippen molar-refractivity contribution in [2.75, 3.05) is 20.3 Å². The Morgan fingerprint density at radius 3 is 2.54 bits per heavy atom.